The molecule has 4 heterocycles. The molecule has 1 atom stereocenters. The topological polar surface area (TPSA) is 50.2 Å². The number of nitrogens with one attached hydrogen (secondary N) is 1. The lowest BCUT2D eigenvalue weighted by atomic mass is 9.84. The minimum Gasteiger partial charge on any atom is -0.346 e. The van der Waals surface area contributed by atoms with Gasteiger partial charge in [-0.05, 0) is 62.9 Å². The van der Waals surface area contributed by atoms with Gasteiger partial charge in [-0.2, -0.15) is 5.10 Å². The molecule has 1 aromatic heterocycles. The van der Waals surface area contributed by atoms with Crippen LogP contribution in [0.25, 0.3) is 10.9 Å². The number of rotatable bonds is 3. The van der Waals surface area contributed by atoms with Gasteiger partial charge in [0.15, 0.2) is 5.69 Å². The van der Waals surface area contributed by atoms with Crippen molar-refractivity contribution < 1.29 is 4.79 Å². The van der Waals surface area contributed by atoms with E-state index in [-0.39, 0.29) is 11.9 Å². The van der Waals surface area contributed by atoms with Crippen LogP contribution in [0.15, 0.2) is 22.7 Å². The molecule has 6 rings (SSSR count). The zero-order valence-electron chi connectivity index (χ0n) is 13.5. The highest BCUT2D eigenvalue weighted by molar-refractivity contribution is 9.10. The van der Waals surface area contributed by atoms with Gasteiger partial charge in [0, 0.05) is 22.4 Å². The van der Waals surface area contributed by atoms with Crippen LogP contribution in [-0.4, -0.2) is 46.3 Å². The Morgan fingerprint density at radius 3 is 2.67 bits per heavy atom. The van der Waals surface area contributed by atoms with Crippen molar-refractivity contribution in [2.24, 2.45) is 5.92 Å². The molecule has 0 unspecified atom stereocenters. The monoisotopic (exact) mass is 388 g/mol. The summed E-state index contributed by atoms with van der Waals surface area (Å²) in [4.78, 5) is 15.4. The van der Waals surface area contributed by atoms with Gasteiger partial charge in [0.1, 0.15) is 0 Å². The summed E-state index contributed by atoms with van der Waals surface area (Å²) in [6.07, 6.45) is 4.72. The molecule has 1 aromatic carbocycles. The van der Waals surface area contributed by atoms with Crippen molar-refractivity contribution in [1.82, 2.24) is 20.0 Å². The lowest BCUT2D eigenvalue weighted by Gasteiger charge is -2.44. The summed E-state index contributed by atoms with van der Waals surface area (Å²) in [6, 6.07) is 6.81. The Morgan fingerprint density at radius 2 is 2.00 bits per heavy atom. The van der Waals surface area contributed by atoms with Crippen molar-refractivity contribution in [1.29, 1.82) is 0 Å². The van der Waals surface area contributed by atoms with Crippen LogP contribution < -0.4 is 5.32 Å². The number of halogens is 1. The summed E-state index contributed by atoms with van der Waals surface area (Å²) in [7, 11) is 0. The lowest BCUT2D eigenvalue weighted by molar-refractivity contribution is 0.0618. The van der Waals surface area contributed by atoms with Crippen LogP contribution >= 0.6 is 15.9 Å². The Bertz CT molecular complexity index is 805. The van der Waals surface area contributed by atoms with Gasteiger partial charge < -0.3 is 10.2 Å². The Labute approximate surface area is 149 Å². The normalized spacial score (nSPS) is 29.1. The molecule has 1 N–H and O–H groups in total. The Balaban J connectivity index is 1.46. The summed E-state index contributed by atoms with van der Waals surface area (Å²) < 4.78 is 3.08. The molecule has 0 radical (unpaired) electrons. The first-order chi connectivity index (χ1) is 11.7. The van der Waals surface area contributed by atoms with Crippen LogP contribution in [0.1, 0.15) is 42.2 Å². The number of carbonyl (C=O) groups is 1. The highest BCUT2D eigenvalue weighted by atomic mass is 79.9. The minimum absolute atomic E-state index is 0.0135. The van der Waals surface area contributed by atoms with E-state index in [1.165, 1.54) is 25.9 Å². The summed E-state index contributed by atoms with van der Waals surface area (Å²) in [5.74, 6) is 0.616. The number of nitrogens with zero attached hydrogens (tertiary/aromatic N) is 3. The molecule has 1 aliphatic carbocycles. The van der Waals surface area contributed by atoms with E-state index in [1.807, 2.05) is 16.8 Å². The first-order valence-corrected chi connectivity index (χ1v) is 9.69. The van der Waals surface area contributed by atoms with E-state index in [0.29, 0.717) is 17.7 Å². The largest absolute Gasteiger partial charge is 0.346 e. The Kier molecular flexibility index (Phi) is 3.45. The van der Waals surface area contributed by atoms with Crippen molar-refractivity contribution in [3.8, 4) is 0 Å². The zero-order chi connectivity index (χ0) is 16.3. The van der Waals surface area contributed by atoms with Crippen LogP contribution in [0.4, 0.5) is 0 Å². The molecular formula is C18H21BrN4O. The van der Waals surface area contributed by atoms with Gasteiger partial charge in [0.2, 0.25) is 0 Å². The SMILES string of the molecule is O=C(N[C@@H]1CN2CCC1CC2)c1nn(C2CC2)c2cc(Br)ccc12. The molecule has 1 saturated carbocycles. The number of amides is 1. The summed E-state index contributed by atoms with van der Waals surface area (Å²) in [5, 5.41) is 8.93. The van der Waals surface area contributed by atoms with Gasteiger partial charge in [-0.1, -0.05) is 15.9 Å². The average Bonchev–Trinajstić information content (AvgIpc) is 3.37. The second kappa shape index (κ2) is 5.56. The summed E-state index contributed by atoms with van der Waals surface area (Å²) in [5.41, 5.74) is 1.65. The van der Waals surface area contributed by atoms with Crippen LogP contribution in [0, 0.1) is 5.92 Å². The van der Waals surface area contributed by atoms with Gasteiger partial charge in [-0.15, -0.1) is 0 Å². The van der Waals surface area contributed by atoms with E-state index in [1.54, 1.807) is 0 Å². The van der Waals surface area contributed by atoms with Gasteiger partial charge in [0.25, 0.3) is 5.91 Å². The van der Waals surface area contributed by atoms with E-state index < -0.39 is 0 Å². The maximum Gasteiger partial charge on any atom is 0.272 e. The number of benzene rings is 1. The predicted octanol–water partition coefficient (Wildman–Crippen LogP) is 2.96. The third-order valence-corrected chi connectivity index (χ3v) is 6.24. The zero-order valence-corrected chi connectivity index (χ0v) is 15.1. The molecule has 1 amide bonds. The number of fused-ring (bicyclic) bond motifs is 4. The van der Waals surface area contributed by atoms with E-state index in [4.69, 9.17) is 5.10 Å². The molecule has 6 heteroatoms. The molecule has 5 nitrogen and oxygen atoms in total. The van der Waals surface area contributed by atoms with Gasteiger partial charge in [-0.25, -0.2) is 0 Å². The van der Waals surface area contributed by atoms with Crippen LogP contribution in [0.3, 0.4) is 0 Å². The van der Waals surface area contributed by atoms with Gasteiger partial charge in [0.05, 0.1) is 11.6 Å². The van der Waals surface area contributed by atoms with Crippen LogP contribution in [0.2, 0.25) is 0 Å². The first kappa shape index (κ1) is 14.9. The lowest BCUT2D eigenvalue weighted by Crippen LogP contribution is -2.57. The minimum atomic E-state index is -0.0135. The number of aromatic nitrogens is 2. The quantitative estimate of drug-likeness (QED) is 0.878. The molecular weight excluding hydrogens is 368 g/mol. The number of hydrogen-bond donors (Lipinski definition) is 1. The maximum atomic E-state index is 12.9. The third kappa shape index (κ3) is 2.47. The fourth-order valence-electron chi connectivity index (χ4n) is 4.24. The number of hydrogen-bond acceptors (Lipinski definition) is 3. The molecule has 24 heavy (non-hydrogen) atoms. The number of carbonyl (C=O) groups excluding carboxylic acids is 1. The predicted molar refractivity (Wildman–Crippen MR) is 96.1 cm³/mol. The van der Waals surface area contributed by atoms with Crippen molar-refractivity contribution >= 4 is 32.7 Å². The molecule has 0 spiro atoms. The number of piperidine rings is 3. The van der Waals surface area contributed by atoms with Crippen LogP contribution in [-0.2, 0) is 0 Å². The van der Waals surface area contributed by atoms with E-state index in [9.17, 15) is 4.79 Å². The van der Waals surface area contributed by atoms with Crippen molar-refractivity contribution in [2.75, 3.05) is 19.6 Å². The van der Waals surface area contributed by atoms with Crippen molar-refractivity contribution in [3.63, 3.8) is 0 Å². The molecule has 4 aliphatic rings. The van der Waals surface area contributed by atoms with Crippen LogP contribution in [0.5, 0.6) is 0 Å². The fraction of sp³-hybridized carbons (Fsp3) is 0.556. The molecule has 4 fully saturated rings. The van der Waals surface area contributed by atoms with Crippen molar-refractivity contribution in [2.45, 2.75) is 37.8 Å². The molecule has 3 aliphatic heterocycles. The highest BCUT2D eigenvalue weighted by Gasteiger charge is 2.36. The second-order valence-corrected chi connectivity index (χ2v) is 8.32. The summed E-state index contributed by atoms with van der Waals surface area (Å²) >= 11 is 3.54. The Hall–Kier alpha value is -1.40. The van der Waals surface area contributed by atoms with E-state index in [2.05, 4.69) is 32.2 Å². The third-order valence-electron chi connectivity index (χ3n) is 5.75. The van der Waals surface area contributed by atoms with Gasteiger partial charge >= 0.3 is 0 Å². The standard InChI is InChI=1S/C18H21BrN4O/c19-12-1-4-14-16(9-12)23(13-2-3-13)21-17(14)18(24)20-15-10-22-7-5-11(15)6-8-22/h1,4,9,11,13,15H,2-3,5-8,10H2,(H,20,24)/t15-/m1/s1. The first-order valence-electron chi connectivity index (χ1n) is 8.90. The average molecular weight is 389 g/mol. The molecule has 126 valence electrons. The highest BCUT2D eigenvalue weighted by Crippen LogP contribution is 2.38. The summed E-state index contributed by atoms with van der Waals surface area (Å²) in [6.45, 7) is 3.36. The van der Waals surface area contributed by atoms with Gasteiger partial charge in [-0.3, -0.25) is 9.48 Å². The molecule has 3 saturated heterocycles. The second-order valence-electron chi connectivity index (χ2n) is 7.40. The molecule has 2 aromatic rings. The Morgan fingerprint density at radius 1 is 1.21 bits per heavy atom. The van der Waals surface area contributed by atoms with Crippen molar-refractivity contribution in [3.05, 3.63) is 28.4 Å². The van der Waals surface area contributed by atoms with E-state index in [0.717, 1.165) is 34.8 Å². The maximum absolute atomic E-state index is 12.9. The smallest absolute Gasteiger partial charge is 0.272 e. The van der Waals surface area contributed by atoms with E-state index >= 15 is 0 Å². The molecule has 2 bridgehead atoms. The fourth-order valence-corrected chi connectivity index (χ4v) is 4.59.